The first-order valence-corrected chi connectivity index (χ1v) is 11.0. The highest BCUT2D eigenvalue weighted by Crippen LogP contribution is 2.42. The second kappa shape index (κ2) is 8.65. The largest absolute Gasteiger partial charge is 0.417 e. The topological polar surface area (TPSA) is 24.9 Å². The number of halogens is 4. The summed E-state index contributed by atoms with van der Waals surface area (Å²) in [6.07, 6.45) is -2.71. The number of fused-ring (bicyclic) bond motifs is 1. The van der Waals surface area contributed by atoms with E-state index in [9.17, 15) is 17.6 Å². The van der Waals surface area contributed by atoms with Crippen LogP contribution < -0.4 is 5.32 Å². The molecule has 1 aliphatic rings. The Morgan fingerprint density at radius 1 is 1.00 bits per heavy atom. The van der Waals surface area contributed by atoms with E-state index >= 15 is 0 Å². The average Bonchev–Trinajstić information content (AvgIpc) is 2.77. The highest BCUT2D eigenvalue weighted by molar-refractivity contribution is 5.84. The van der Waals surface area contributed by atoms with Crippen LogP contribution in [0.3, 0.4) is 0 Å². The molecule has 2 aromatic carbocycles. The minimum absolute atomic E-state index is 0.0305. The number of aryl methyl sites for hydroxylation is 1. The normalized spacial score (nSPS) is 16.1. The monoisotopic (exact) mass is 454 g/mol. The summed E-state index contributed by atoms with van der Waals surface area (Å²) in [6.45, 7) is 7.79. The summed E-state index contributed by atoms with van der Waals surface area (Å²) in [7, 11) is 0. The van der Waals surface area contributed by atoms with Crippen LogP contribution in [0.25, 0.3) is 17.0 Å². The molecule has 0 spiro atoms. The van der Waals surface area contributed by atoms with E-state index in [2.05, 4.69) is 17.2 Å². The molecule has 172 valence electrons. The van der Waals surface area contributed by atoms with Gasteiger partial charge in [-0.15, -0.1) is 0 Å². The fraction of sp³-hybridized carbons (Fsp3) is 0.296. The zero-order valence-electron chi connectivity index (χ0n) is 19.1. The second-order valence-electron chi connectivity index (χ2n) is 8.63. The Morgan fingerprint density at radius 2 is 1.73 bits per heavy atom. The van der Waals surface area contributed by atoms with Crippen LogP contribution in [0.4, 0.5) is 23.2 Å². The first-order chi connectivity index (χ1) is 15.6. The van der Waals surface area contributed by atoms with Crippen molar-refractivity contribution in [2.45, 2.75) is 52.6 Å². The summed E-state index contributed by atoms with van der Waals surface area (Å²) in [5, 5.41) is 3.43. The van der Waals surface area contributed by atoms with Crippen LogP contribution in [0.1, 0.15) is 60.6 Å². The SMILES string of the molecule is CCC1CC(C)=C(Nc2cc(-c3ccccc3C(F)(F)F)nc(C)c2C)c2cc(F)ccc21. The Bertz CT molecular complexity index is 1240. The van der Waals surface area contributed by atoms with Gasteiger partial charge in [0.2, 0.25) is 0 Å². The number of rotatable bonds is 4. The maximum Gasteiger partial charge on any atom is 0.417 e. The first-order valence-electron chi connectivity index (χ1n) is 11.0. The number of pyridine rings is 1. The molecular formula is C27H26F4N2. The molecule has 1 aliphatic carbocycles. The van der Waals surface area contributed by atoms with Crippen molar-refractivity contribution in [3.63, 3.8) is 0 Å². The van der Waals surface area contributed by atoms with E-state index in [1.807, 2.05) is 19.9 Å². The Morgan fingerprint density at radius 3 is 2.42 bits per heavy atom. The summed E-state index contributed by atoms with van der Waals surface area (Å²) in [6, 6.07) is 12.0. The number of allylic oxidation sites excluding steroid dienone is 1. The van der Waals surface area contributed by atoms with Crippen molar-refractivity contribution in [1.82, 2.24) is 4.98 Å². The molecule has 0 fully saturated rings. The quantitative estimate of drug-likeness (QED) is 0.401. The van der Waals surface area contributed by atoms with Gasteiger partial charge in [-0.25, -0.2) is 4.39 Å². The van der Waals surface area contributed by atoms with Crippen molar-refractivity contribution >= 4 is 11.4 Å². The van der Waals surface area contributed by atoms with Crippen LogP contribution in [0.15, 0.2) is 54.1 Å². The molecule has 0 aliphatic heterocycles. The van der Waals surface area contributed by atoms with Gasteiger partial charge in [0.1, 0.15) is 5.82 Å². The van der Waals surface area contributed by atoms with Crippen LogP contribution >= 0.6 is 0 Å². The van der Waals surface area contributed by atoms with Crippen LogP contribution in [-0.4, -0.2) is 4.98 Å². The molecule has 0 amide bonds. The van der Waals surface area contributed by atoms with E-state index in [4.69, 9.17) is 0 Å². The third-order valence-electron chi connectivity index (χ3n) is 6.48. The lowest BCUT2D eigenvalue weighted by Crippen LogP contribution is -2.15. The lowest BCUT2D eigenvalue weighted by molar-refractivity contribution is -0.137. The maximum atomic E-state index is 14.2. The molecule has 1 unspecified atom stereocenters. The van der Waals surface area contributed by atoms with Crippen LogP contribution in [0.2, 0.25) is 0 Å². The molecule has 0 saturated heterocycles. The van der Waals surface area contributed by atoms with Crippen molar-refractivity contribution in [3.8, 4) is 11.3 Å². The van der Waals surface area contributed by atoms with E-state index in [1.54, 1.807) is 19.1 Å². The molecule has 1 heterocycles. The number of nitrogens with one attached hydrogen (secondary N) is 1. The lowest BCUT2D eigenvalue weighted by Gasteiger charge is -2.29. The van der Waals surface area contributed by atoms with Gasteiger partial charge in [-0.3, -0.25) is 4.98 Å². The number of hydrogen-bond acceptors (Lipinski definition) is 2. The third-order valence-corrected chi connectivity index (χ3v) is 6.48. The predicted molar refractivity (Wildman–Crippen MR) is 124 cm³/mol. The number of alkyl halides is 3. The van der Waals surface area contributed by atoms with Crippen molar-refractivity contribution in [2.24, 2.45) is 0 Å². The highest BCUT2D eigenvalue weighted by Gasteiger charge is 2.34. The van der Waals surface area contributed by atoms with Gasteiger partial charge in [0, 0.05) is 28.2 Å². The molecule has 4 rings (SSSR count). The number of nitrogens with zero attached hydrogens (tertiary/aromatic N) is 1. The fourth-order valence-corrected chi connectivity index (χ4v) is 4.54. The van der Waals surface area contributed by atoms with Gasteiger partial charge in [-0.05, 0) is 80.5 Å². The summed E-state index contributed by atoms with van der Waals surface area (Å²) < 4.78 is 55.1. The molecule has 0 saturated carbocycles. The standard InChI is InChI=1S/C27H26F4N2/c1-5-18-12-15(2)26(22-13-19(28)10-11-20(18)22)33-24-14-25(32-17(4)16(24)3)21-8-6-7-9-23(21)27(29,30)31/h6-11,13-14,18H,5,12H2,1-4H3,(H,32,33). The molecule has 0 bridgehead atoms. The molecule has 1 N–H and O–H groups in total. The third kappa shape index (κ3) is 4.39. The Kier molecular flexibility index (Phi) is 6.04. The predicted octanol–water partition coefficient (Wildman–Crippen LogP) is 8.26. The smallest absolute Gasteiger partial charge is 0.355 e. The van der Waals surface area contributed by atoms with E-state index in [1.165, 1.54) is 24.3 Å². The van der Waals surface area contributed by atoms with Gasteiger partial charge in [0.05, 0.1) is 11.3 Å². The Balaban J connectivity index is 1.83. The van der Waals surface area contributed by atoms with Crippen molar-refractivity contribution < 1.29 is 17.6 Å². The lowest BCUT2D eigenvalue weighted by atomic mass is 9.80. The van der Waals surface area contributed by atoms with Crippen LogP contribution in [0, 0.1) is 19.7 Å². The zero-order chi connectivity index (χ0) is 23.9. The van der Waals surface area contributed by atoms with Gasteiger partial charge in [0.25, 0.3) is 0 Å². The molecule has 1 atom stereocenters. The van der Waals surface area contributed by atoms with Crippen LogP contribution in [0.5, 0.6) is 0 Å². The molecule has 3 aromatic rings. The molecule has 0 radical (unpaired) electrons. The fourth-order valence-electron chi connectivity index (χ4n) is 4.54. The molecule has 1 aromatic heterocycles. The van der Waals surface area contributed by atoms with Crippen molar-refractivity contribution in [2.75, 3.05) is 5.32 Å². The molecule has 2 nitrogen and oxygen atoms in total. The number of anilines is 1. The molecular weight excluding hydrogens is 428 g/mol. The second-order valence-corrected chi connectivity index (χ2v) is 8.63. The van der Waals surface area contributed by atoms with E-state index in [0.717, 1.165) is 46.9 Å². The minimum Gasteiger partial charge on any atom is -0.355 e. The molecule has 6 heteroatoms. The van der Waals surface area contributed by atoms with Gasteiger partial charge in [-0.1, -0.05) is 31.2 Å². The summed E-state index contributed by atoms with van der Waals surface area (Å²) in [5.41, 5.74) is 5.45. The zero-order valence-corrected chi connectivity index (χ0v) is 19.1. The van der Waals surface area contributed by atoms with Gasteiger partial charge >= 0.3 is 6.18 Å². The van der Waals surface area contributed by atoms with E-state index in [0.29, 0.717) is 17.3 Å². The summed E-state index contributed by atoms with van der Waals surface area (Å²) in [4.78, 5) is 4.46. The minimum atomic E-state index is -4.49. The van der Waals surface area contributed by atoms with E-state index < -0.39 is 11.7 Å². The van der Waals surface area contributed by atoms with Gasteiger partial charge < -0.3 is 5.32 Å². The van der Waals surface area contributed by atoms with Gasteiger partial charge in [-0.2, -0.15) is 13.2 Å². The van der Waals surface area contributed by atoms with E-state index in [-0.39, 0.29) is 17.1 Å². The number of hydrogen-bond donors (Lipinski definition) is 1. The van der Waals surface area contributed by atoms with Gasteiger partial charge in [0.15, 0.2) is 0 Å². The summed E-state index contributed by atoms with van der Waals surface area (Å²) in [5.74, 6) is -0.0133. The highest BCUT2D eigenvalue weighted by atomic mass is 19.4. The Labute approximate surface area is 191 Å². The number of benzene rings is 2. The van der Waals surface area contributed by atoms with Crippen LogP contribution in [-0.2, 0) is 6.18 Å². The average molecular weight is 455 g/mol. The Hall–Kier alpha value is -3.15. The first kappa shape index (κ1) is 23.0. The van der Waals surface area contributed by atoms with Crippen molar-refractivity contribution in [1.29, 1.82) is 0 Å². The molecule has 33 heavy (non-hydrogen) atoms. The number of aromatic nitrogens is 1. The summed E-state index contributed by atoms with van der Waals surface area (Å²) >= 11 is 0. The van der Waals surface area contributed by atoms with Crippen molar-refractivity contribution in [3.05, 3.63) is 87.9 Å². The maximum absolute atomic E-state index is 14.2.